The Kier molecular flexibility index (Phi) is 4.57. The van der Waals surface area contributed by atoms with Crippen LogP contribution in [0.2, 0.25) is 0 Å². The van der Waals surface area contributed by atoms with Gasteiger partial charge in [0.05, 0.1) is 5.75 Å². The summed E-state index contributed by atoms with van der Waals surface area (Å²) in [5, 5.41) is 9.15. The van der Waals surface area contributed by atoms with Crippen LogP contribution in [0.4, 0.5) is 0 Å². The number of thioether (sulfide) groups is 1. The van der Waals surface area contributed by atoms with Gasteiger partial charge < -0.3 is 9.67 Å². The van der Waals surface area contributed by atoms with Crippen LogP contribution in [-0.4, -0.2) is 26.4 Å². The monoisotopic (exact) mass is 290 g/mol. The fraction of sp³-hybridized carbons (Fsp3) is 0.214. The summed E-state index contributed by atoms with van der Waals surface area (Å²) in [6, 6.07) is 9.29. The number of nitrogens with zero attached hydrogens (tertiary/aromatic N) is 2. The van der Waals surface area contributed by atoms with Gasteiger partial charge in [-0.05, 0) is 18.1 Å². The molecule has 2 rings (SSSR count). The number of benzene rings is 1. The van der Waals surface area contributed by atoms with Crippen molar-refractivity contribution in [3.05, 3.63) is 58.0 Å². The topological polar surface area (TPSA) is 72.2 Å². The van der Waals surface area contributed by atoms with Gasteiger partial charge in [0.15, 0.2) is 5.16 Å². The fourth-order valence-electron chi connectivity index (χ4n) is 1.75. The van der Waals surface area contributed by atoms with Crippen LogP contribution in [0, 0.1) is 6.92 Å². The fourth-order valence-corrected chi connectivity index (χ4v) is 2.44. The average Bonchev–Trinajstić information content (AvgIpc) is 2.41. The molecule has 1 aromatic heterocycles. The Morgan fingerprint density at radius 2 is 2.10 bits per heavy atom. The number of aromatic nitrogens is 2. The molecule has 0 fully saturated rings. The van der Waals surface area contributed by atoms with Gasteiger partial charge in [-0.15, -0.1) is 0 Å². The van der Waals surface area contributed by atoms with Gasteiger partial charge in [-0.1, -0.05) is 36.0 Å². The van der Waals surface area contributed by atoms with Gasteiger partial charge in [-0.25, -0.2) is 0 Å². The normalized spacial score (nSPS) is 10.4. The standard InChI is InChI=1S/C14H14N2O3S/c1-10-4-2-3-5-11(10)8-16-7-6-12(17)15-14(16)20-9-13(18)19/h2-7H,8-9H2,1H3,(H,18,19). The third-order valence-corrected chi connectivity index (χ3v) is 3.75. The Balaban J connectivity index is 2.29. The molecule has 0 saturated carbocycles. The molecule has 0 amide bonds. The second kappa shape index (κ2) is 6.38. The van der Waals surface area contributed by atoms with E-state index in [0.717, 1.165) is 22.9 Å². The molecule has 1 heterocycles. The molecule has 0 atom stereocenters. The lowest BCUT2D eigenvalue weighted by atomic mass is 10.1. The second-order valence-corrected chi connectivity index (χ2v) is 5.23. The highest BCUT2D eigenvalue weighted by Crippen LogP contribution is 2.16. The lowest BCUT2D eigenvalue weighted by molar-refractivity contribution is -0.133. The molecule has 0 spiro atoms. The molecular weight excluding hydrogens is 276 g/mol. The highest BCUT2D eigenvalue weighted by molar-refractivity contribution is 7.99. The number of carboxylic acid groups (broad SMARTS) is 1. The van der Waals surface area contributed by atoms with E-state index in [9.17, 15) is 9.59 Å². The van der Waals surface area contributed by atoms with Crippen LogP contribution in [0.25, 0.3) is 0 Å². The van der Waals surface area contributed by atoms with Crippen molar-refractivity contribution in [2.75, 3.05) is 5.75 Å². The zero-order valence-corrected chi connectivity index (χ0v) is 11.8. The molecule has 5 nitrogen and oxygen atoms in total. The van der Waals surface area contributed by atoms with E-state index in [1.807, 2.05) is 31.2 Å². The molecule has 0 radical (unpaired) electrons. The number of carboxylic acids is 1. The number of hydrogen-bond donors (Lipinski definition) is 1. The Morgan fingerprint density at radius 3 is 2.80 bits per heavy atom. The van der Waals surface area contributed by atoms with Crippen LogP contribution in [-0.2, 0) is 11.3 Å². The van der Waals surface area contributed by atoms with Crippen molar-refractivity contribution in [3.8, 4) is 0 Å². The zero-order chi connectivity index (χ0) is 14.5. The van der Waals surface area contributed by atoms with E-state index < -0.39 is 5.97 Å². The van der Waals surface area contributed by atoms with Crippen molar-refractivity contribution in [3.63, 3.8) is 0 Å². The van der Waals surface area contributed by atoms with Crippen LogP contribution >= 0.6 is 11.8 Å². The summed E-state index contributed by atoms with van der Waals surface area (Å²) in [5.41, 5.74) is 1.88. The lowest BCUT2D eigenvalue weighted by Crippen LogP contribution is -2.15. The maximum atomic E-state index is 11.3. The summed E-state index contributed by atoms with van der Waals surface area (Å²) >= 11 is 1.05. The van der Waals surface area contributed by atoms with Gasteiger partial charge in [0.2, 0.25) is 0 Å². The predicted octanol–water partition coefficient (Wildman–Crippen LogP) is 1.78. The molecule has 0 aliphatic carbocycles. The first-order valence-electron chi connectivity index (χ1n) is 6.03. The minimum Gasteiger partial charge on any atom is -0.481 e. The molecule has 1 N–H and O–H groups in total. The molecule has 6 heteroatoms. The summed E-state index contributed by atoms with van der Waals surface area (Å²) in [6.07, 6.45) is 1.64. The van der Waals surface area contributed by atoms with Crippen LogP contribution < -0.4 is 5.56 Å². The highest BCUT2D eigenvalue weighted by atomic mass is 32.2. The summed E-state index contributed by atoms with van der Waals surface area (Å²) in [7, 11) is 0. The summed E-state index contributed by atoms with van der Waals surface area (Å²) < 4.78 is 1.79. The van der Waals surface area contributed by atoms with E-state index in [-0.39, 0.29) is 11.3 Å². The SMILES string of the molecule is Cc1ccccc1Cn1ccc(=O)nc1SCC(=O)O. The Labute approximate surface area is 120 Å². The summed E-state index contributed by atoms with van der Waals surface area (Å²) in [6.45, 7) is 2.57. The maximum absolute atomic E-state index is 11.3. The van der Waals surface area contributed by atoms with Crippen LogP contribution in [0.15, 0.2) is 46.5 Å². The number of rotatable bonds is 5. The molecule has 0 unspecified atom stereocenters. The summed E-state index contributed by atoms with van der Waals surface area (Å²) in [5.74, 6) is -1.06. The van der Waals surface area contributed by atoms with Crippen molar-refractivity contribution in [2.24, 2.45) is 0 Å². The Hall–Kier alpha value is -2.08. The molecule has 0 aliphatic heterocycles. The van der Waals surface area contributed by atoms with Crippen LogP contribution in [0.5, 0.6) is 0 Å². The first kappa shape index (κ1) is 14.3. The first-order chi connectivity index (χ1) is 9.56. The largest absolute Gasteiger partial charge is 0.481 e. The van der Waals surface area contributed by atoms with Gasteiger partial charge in [0.1, 0.15) is 0 Å². The van der Waals surface area contributed by atoms with Gasteiger partial charge in [0.25, 0.3) is 5.56 Å². The molecule has 2 aromatic rings. The van der Waals surface area contributed by atoms with Crippen molar-refractivity contribution in [1.82, 2.24) is 9.55 Å². The molecule has 104 valence electrons. The van der Waals surface area contributed by atoms with Crippen molar-refractivity contribution < 1.29 is 9.90 Å². The van der Waals surface area contributed by atoms with Gasteiger partial charge in [0, 0.05) is 18.8 Å². The number of hydrogen-bond acceptors (Lipinski definition) is 4. The van der Waals surface area contributed by atoms with E-state index in [1.54, 1.807) is 10.8 Å². The summed E-state index contributed by atoms with van der Waals surface area (Å²) in [4.78, 5) is 25.8. The minimum absolute atomic E-state index is 0.121. The van der Waals surface area contributed by atoms with Crippen molar-refractivity contribution in [1.29, 1.82) is 0 Å². The van der Waals surface area contributed by atoms with E-state index in [2.05, 4.69) is 4.98 Å². The van der Waals surface area contributed by atoms with Crippen molar-refractivity contribution >= 4 is 17.7 Å². The van der Waals surface area contributed by atoms with Gasteiger partial charge >= 0.3 is 5.97 Å². The molecule has 0 bridgehead atoms. The zero-order valence-electron chi connectivity index (χ0n) is 10.9. The maximum Gasteiger partial charge on any atom is 0.313 e. The van der Waals surface area contributed by atoms with E-state index >= 15 is 0 Å². The smallest absolute Gasteiger partial charge is 0.313 e. The number of aryl methyl sites for hydroxylation is 1. The molecule has 1 aromatic carbocycles. The van der Waals surface area contributed by atoms with Gasteiger partial charge in [-0.2, -0.15) is 4.98 Å². The van der Waals surface area contributed by atoms with Crippen LogP contribution in [0.1, 0.15) is 11.1 Å². The molecule has 20 heavy (non-hydrogen) atoms. The number of aliphatic carboxylic acids is 1. The molecular formula is C14H14N2O3S. The Morgan fingerprint density at radius 1 is 1.35 bits per heavy atom. The van der Waals surface area contributed by atoms with E-state index in [0.29, 0.717) is 11.7 Å². The van der Waals surface area contributed by atoms with Crippen LogP contribution in [0.3, 0.4) is 0 Å². The van der Waals surface area contributed by atoms with Gasteiger partial charge in [-0.3, -0.25) is 9.59 Å². The second-order valence-electron chi connectivity index (χ2n) is 4.29. The first-order valence-corrected chi connectivity index (χ1v) is 7.01. The lowest BCUT2D eigenvalue weighted by Gasteiger charge is -2.12. The highest BCUT2D eigenvalue weighted by Gasteiger charge is 2.08. The number of carbonyl (C=O) groups is 1. The van der Waals surface area contributed by atoms with E-state index in [4.69, 9.17) is 5.11 Å². The third kappa shape index (κ3) is 3.71. The minimum atomic E-state index is -0.935. The van der Waals surface area contributed by atoms with E-state index in [1.165, 1.54) is 6.07 Å². The molecule has 0 saturated heterocycles. The molecule has 0 aliphatic rings. The van der Waals surface area contributed by atoms with Crippen molar-refractivity contribution in [2.45, 2.75) is 18.6 Å². The third-order valence-electron chi connectivity index (χ3n) is 2.78. The Bertz CT molecular complexity index is 682. The average molecular weight is 290 g/mol. The quantitative estimate of drug-likeness (QED) is 0.671. The predicted molar refractivity (Wildman–Crippen MR) is 77.1 cm³/mol.